The van der Waals surface area contributed by atoms with Gasteiger partial charge in [0.2, 0.25) is 11.8 Å². The van der Waals surface area contributed by atoms with Gasteiger partial charge in [-0.05, 0) is 73.7 Å². The van der Waals surface area contributed by atoms with Crippen LogP contribution in [-0.4, -0.2) is 40.1 Å². The van der Waals surface area contributed by atoms with Gasteiger partial charge in [0.05, 0.1) is 28.6 Å². The highest BCUT2D eigenvalue weighted by molar-refractivity contribution is 6.43. The van der Waals surface area contributed by atoms with E-state index in [2.05, 4.69) is 13.8 Å². The normalized spacial score (nSPS) is 25.0. The van der Waals surface area contributed by atoms with E-state index >= 15 is 0 Å². The van der Waals surface area contributed by atoms with Gasteiger partial charge in [0.15, 0.2) is 0 Å². The van der Waals surface area contributed by atoms with E-state index in [9.17, 15) is 29.8 Å². The van der Waals surface area contributed by atoms with E-state index in [-0.39, 0.29) is 47.1 Å². The van der Waals surface area contributed by atoms with Crippen molar-refractivity contribution in [1.82, 2.24) is 0 Å². The number of rotatable bonds is 7. The quantitative estimate of drug-likeness (QED) is 0.162. The number of carbonyl (C=O) groups excluding carboxylic acids is 2. The van der Waals surface area contributed by atoms with E-state index in [0.717, 1.165) is 27.2 Å². The van der Waals surface area contributed by atoms with E-state index in [1.54, 1.807) is 18.2 Å². The standard InChI is InChI=1S/C30H33BN2O7/c1-17(2)23-15-24-28(30(36)32(29(24)35)20-5-4-6-21(14-20)33(38)39)25-16-31(37)40-26(27(23)25)12-7-18(3)13-19-8-10-22(34)11-9-19/h4-6,8-11,13-14,17,24-26,28,34,37H,7,12,15-16H2,1-3H3/b18-13+/t24-,25+,26-,28-/m1/s1. The molecule has 2 heterocycles. The van der Waals surface area contributed by atoms with E-state index in [0.29, 0.717) is 19.3 Å². The topological polar surface area (TPSA) is 130 Å². The number of nitro benzene ring substituents is 1. The van der Waals surface area contributed by atoms with Crippen LogP contribution in [0.3, 0.4) is 0 Å². The van der Waals surface area contributed by atoms with E-state index in [1.807, 2.05) is 25.1 Å². The first kappa shape index (κ1) is 27.8. The molecule has 2 fully saturated rings. The van der Waals surface area contributed by atoms with Crippen molar-refractivity contribution < 1.29 is 29.3 Å². The van der Waals surface area contributed by atoms with Crippen molar-refractivity contribution in [3.63, 3.8) is 0 Å². The molecule has 2 aromatic carbocycles. The van der Waals surface area contributed by atoms with Crippen LogP contribution < -0.4 is 4.90 Å². The lowest BCUT2D eigenvalue weighted by molar-refractivity contribution is -0.384. The van der Waals surface area contributed by atoms with Gasteiger partial charge in [-0.3, -0.25) is 19.7 Å². The zero-order valence-electron chi connectivity index (χ0n) is 22.8. The molecule has 10 heteroatoms. The molecule has 2 saturated heterocycles. The number of nitrogens with zero attached hydrogens (tertiary/aromatic N) is 2. The Hall–Kier alpha value is -3.76. The maximum absolute atomic E-state index is 13.8. The molecule has 1 aliphatic carbocycles. The molecule has 2 N–H and O–H groups in total. The number of benzene rings is 2. The van der Waals surface area contributed by atoms with Gasteiger partial charge in [-0.1, -0.05) is 49.3 Å². The highest BCUT2D eigenvalue weighted by Crippen LogP contribution is 2.52. The smallest absolute Gasteiger partial charge is 0.455 e. The lowest BCUT2D eigenvalue weighted by Gasteiger charge is -2.44. The zero-order valence-corrected chi connectivity index (χ0v) is 22.8. The average Bonchev–Trinajstić information content (AvgIpc) is 3.17. The minimum atomic E-state index is -1.07. The lowest BCUT2D eigenvalue weighted by Crippen LogP contribution is -2.46. The van der Waals surface area contributed by atoms with Gasteiger partial charge in [-0.15, -0.1) is 0 Å². The second kappa shape index (κ2) is 11.0. The molecule has 0 spiro atoms. The van der Waals surface area contributed by atoms with Crippen LogP contribution in [0.1, 0.15) is 45.6 Å². The van der Waals surface area contributed by atoms with Crippen molar-refractivity contribution in [2.75, 3.05) is 4.90 Å². The Morgan fingerprint density at radius 2 is 1.90 bits per heavy atom. The predicted molar refractivity (Wildman–Crippen MR) is 151 cm³/mol. The first-order valence-corrected chi connectivity index (χ1v) is 13.7. The number of phenols is 1. The molecule has 3 aliphatic rings. The fourth-order valence-corrected chi connectivity index (χ4v) is 6.54. The summed E-state index contributed by atoms with van der Waals surface area (Å²) in [6.45, 7) is 6.16. The second-order valence-electron chi connectivity index (χ2n) is 11.3. The summed E-state index contributed by atoms with van der Waals surface area (Å²) in [6, 6.07) is 12.6. The summed E-state index contributed by atoms with van der Waals surface area (Å²) < 4.78 is 6.07. The van der Waals surface area contributed by atoms with Crippen molar-refractivity contribution in [1.29, 1.82) is 0 Å². The van der Waals surface area contributed by atoms with E-state index < -0.39 is 30.0 Å². The Bertz CT molecular complexity index is 1400. The predicted octanol–water partition coefficient (Wildman–Crippen LogP) is 5.14. The number of hydrogen-bond donors (Lipinski definition) is 2. The molecule has 2 aliphatic heterocycles. The van der Waals surface area contributed by atoms with Crippen molar-refractivity contribution in [3.8, 4) is 5.75 Å². The molecule has 5 rings (SSSR count). The number of aromatic hydroxyl groups is 1. The van der Waals surface area contributed by atoms with Crippen LogP contribution in [0.25, 0.3) is 6.08 Å². The third-order valence-corrected chi connectivity index (χ3v) is 8.35. The first-order chi connectivity index (χ1) is 19.0. The molecule has 208 valence electrons. The molecule has 2 amide bonds. The SMILES string of the molecule is C/C(=C\c1ccc(O)cc1)CC[C@H]1OB(O)C[C@H]2C1=C(C(C)C)C[C@H]1C(=O)N(c3cccc([N+](=O)[O-])c3)C(=O)[C@H]12. The number of imide groups is 1. The number of anilines is 1. The number of fused-ring (bicyclic) bond motifs is 3. The summed E-state index contributed by atoms with van der Waals surface area (Å²) in [5.41, 5.74) is 4.19. The number of phenolic OH excluding ortho intramolecular Hbond substituents is 1. The first-order valence-electron chi connectivity index (χ1n) is 13.7. The maximum atomic E-state index is 13.8. The summed E-state index contributed by atoms with van der Waals surface area (Å²) in [4.78, 5) is 39.4. The van der Waals surface area contributed by atoms with Crippen molar-refractivity contribution in [2.24, 2.45) is 23.7 Å². The van der Waals surface area contributed by atoms with Crippen molar-refractivity contribution >= 4 is 36.4 Å². The molecule has 0 bridgehead atoms. The molecule has 2 aromatic rings. The number of hydrogen-bond acceptors (Lipinski definition) is 7. The van der Waals surface area contributed by atoms with Gasteiger partial charge >= 0.3 is 7.12 Å². The third-order valence-electron chi connectivity index (χ3n) is 8.35. The minimum absolute atomic E-state index is 0.114. The van der Waals surface area contributed by atoms with Gasteiger partial charge in [-0.25, -0.2) is 4.90 Å². The van der Waals surface area contributed by atoms with Gasteiger partial charge in [0.1, 0.15) is 5.75 Å². The zero-order chi connectivity index (χ0) is 28.7. The Kier molecular flexibility index (Phi) is 7.66. The van der Waals surface area contributed by atoms with Crippen LogP contribution in [-0.2, 0) is 14.2 Å². The summed E-state index contributed by atoms with van der Waals surface area (Å²) >= 11 is 0. The second-order valence-corrected chi connectivity index (χ2v) is 11.3. The number of allylic oxidation sites excluding steroid dienone is 2. The Labute approximate surface area is 233 Å². The molecular formula is C30H33BN2O7. The summed E-state index contributed by atoms with van der Waals surface area (Å²) in [5, 5.41) is 31.6. The molecular weight excluding hydrogens is 511 g/mol. The number of carbonyl (C=O) groups is 2. The summed E-state index contributed by atoms with van der Waals surface area (Å²) in [5.74, 6) is -2.00. The van der Waals surface area contributed by atoms with Gasteiger partial charge in [0, 0.05) is 12.1 Å². The van der Waals surface area contributed by atoms with Gasteiger partial charge < -0.3 is 14.8 Å². The Balaban J connectivity index is 1.44. The van der Waals surface area contributed by atoms with Gasteiger partial charge in [-0.2, -0.15) is 0 Å². The largest absolute Gasteiger partial charge is 0.508 e. The minimum Gasteiger partial charge on any atom is -0.508 e. The molecule has 4 atom stereocenters. The highest BCUT2D eigenvalue weighted by Gasteiger charge is 2.57. The van der Waals surface area contributed by atoms with E-state index in [4.69, 9.17) is 4.65 Å². The summed E-state index contributed by atoms with van der Waals surface area (Å²) in [7, 11) is -1.07. The average molecular weight is 544 g/mol. The van der Waals surface area contributed by atoms with Crippen LogP contribution in [0.4, 0.5) is 11.4 Å². The molecule has 0 aromatic heterocycles. The van der Waals surface area contributed by atoms with Crippen LogP contribution >= 0.6 is 0 Å². The van der Waals surface area contributed by atoms with Crippen LogP contribution in [0, 0.1) is 33.8 Å². The van der Waals surface area contributed by atoms with Gasteiger partial charge in [0.25, 0.3) is 5.69 Å². The van der Waals surface area contributed by atoms with Crippen molar-refractivity contribution in [3.05, 3.63) is 80.9 Å². The number of nitro groups is 1. The monoisotopic (exact) mass is 544 g/mol. The maximum Gasteiger partial charge on any atom is 0.455 e. The fourth-order valence-electron chi connectivity index (χ4n) is 6.54. The van der Waals surface area contributed by atoms with E-state index in [1.165, 1.54) is 18.2 Å². The molecule has 0 unspecified atom stereocenters. The highest BCUT2D eigenvalue weighted by atomic mass is 16.6. The van der Waals surface area contributed by atoms with Crippen LogP contribution in [0.15, 0.2) is 65.3 Å². The Morgan fingerprint density at radius 3 is 2.58 bits per heavy atom. The fraction of sp³-hybridized carbons (Fsp3) is 0.400. The third kappa shape index (κ3) is 5.21. The molecule has 40 heavy (non-hydrogen) atoms. The van der Waals surface area contributed by atoms with Crippen LogP contribution in [0.2, 0.25) is 6.32 Å². The van der Waals surface area contributed by atoms with Crippen LogP contribution in [0.5, 0.6) is 5.75 Å². The van der Waals surface area contributed by atoms with Crippen molar-refractivity contribution in [2.45, 2.75) is 52.5 Å². The lowest BCUT2D eigenvalue weighted by atomic mass is 9.57. The number of amides is 2. The molecule has 0 saturated carbocycles. The molecule has 0 radical (unpaired) electrons. The Morgan fingerprint density at radius 1 is 1.18 bits per heavy atom. The number of non-ortho nitro benzene ring substituents is 1. The summed E-state index contributed by atoms with van der Waals surface area (Å²) in [6.07, 6.45) is 3.58. The molecule has 9 nitrogen and oxygen atoms in total.